The summed E-state index contributed by atoms with van der Waals surface area (Å²) in [5, 5.41) is 0. The third-order valence-electron chi connectivity index (χ3n) is 4.62. The second-order valence-electron chi connectivity index (χ2n) is 8.12. The Morgan fingerprint density at radius 3 is 2.40 bits per heavy atom. The number of fused-ring (bicyclic) bond motifs is 1. The van der Waals surface area contributed by atoms with Crippen molar-refractivity contribution >= 4 is 17.2 Å². The summed E-state index contributed by atoms with van der Waals surface area (Å²) in [4.78, 5) is 16.5. The number of carbonyl (C=O) groups excluding carboxylic acids is 1. The van der Waals surface area contributed by atoms with Crippen LogP contribution >= 0.6 is 0 Å². The molecule has 0 amide bonds. The number of imidazole rings is 1. The van der Waals surface area contributed by atoms with Crippen LogP contribution in [0, 0.1) is 0 Å². The quantitative estimate of drug-likeness (QED) is 0.308. The number of rotatable bonds is 4. The monoisotopic (exact) mass is 400 g/mol. The minimum atomic E-state index is -0.710. The zero-order valence-corrected chi connectivity index (χ0v) is 17.3. The maximum absolute atomic E-state index is 12.1. The zero-order valence-electron chi connectivity index (χ0n) is 17.3. The molecular weight excluding hydrogens is 376 g/mol. The Hall–Kier alpha value is -3.60. The lowest BCUT2D eigenvalue weighted by molar-refractivity contribution is 0.0207. The van der Waals surface area contributed by atoms with Crippen LogP contribution in [0.2, 0.25) is 0 Å². The molecule has 0 atom stereocenters. The van der Waals surface area contributed by atoms with Crippen molar-refractivity contribution < 1.29 is 14.3 Å². The lowest BCUT2D eigenvalue weighted by Gasteiger charge is -2.19. The summed E-state index contributed by atoms with van der Waals surface area (Å²) in [7, 11) is 0. The van der Waals surface area contributed by atoms with Crippen molar-refractivity contribution in [1.29, 1.82) is 0 Å². The summed E-state index contributed by atoms with van der Waals surface area (Å²) < 4.78 is 12.9. The van der Waals surface area contributed by atoms with Crippen LogP contribution < -0.4 is 4.74 Å². The molecule has 0 aliphatic heterocycles. The van der Waals surface area contributed by atoms with Crippen LogP contribution in [0.15, 0.2) is 79.1 Å². The standard InChI is InChI=1S/C25H24N2O3/c1-25(2,3)30-24(28)29-23-11-7-4-8-20(23)19-14-12-18(13-15-19)16-27-17-26-21-9-5-6-10-22(21)27/h4-15,17H,16H2,1-3H3. The number of carbonyl (C=O) groups is 1. The molecule has 0 N–H and O–H groups in total. The number of para-hydroxylation sites is 3. The predicted octanol–water partition coefficient (Wildman–Crippen LogP) is 6.07. The van der Waals surface area contributed by atoms with Gasteiger partial charge < -0.3 is 14.0 Å². The van der Waals surface area contributed by atoms with Crippen LogP contribution in [-0.4, -0.2) is 21.3 Å². The molecule has 0 saturated heterocycles. The van der Waals surface area contributed by atoms with E-state index in [-0.39, 0.29) is 0 Å². The van der Waals surface area contributed by atoms with Gasteiger partial charge in [-0.05, 0) is 50.1 Å². The van der Waals surface area contributed by atoms with E-state index in [2.05, 4.69) is 27.8 Å². The van der Waals surface area contributed by atoms with E-state index >= 15 is 0 Å². The van der Waals surface area contributed by atoms with Gasteiger partial charge in [-0.25, -0.2) is 9.78 Å². The van der Waals surface area contributed by atoms with E-state index in [1.807, 2.05) is 75.6 Å². The SMILES string of the molecule is CC(C)(C)OC(=O)Oc1ccccc1-c1ccc(Cn2cnc3ccccc32)cc1. The highest BCUT2D eigenvalue weighted by Gasteiger charge is 2.19. The Morgan fingerprint density at radius 2 is 1.63 bits per heavy atom. The van der Waals surface area contributed by atoms with Crippen molar-refractivity contribution in [2.45, 2.75) is 32.9 Å². The Balaban J connectivity index is 1.54. The second kappa shape index (κ2) is 8.03. The molecule has 0 radical (unpaired) electrons. The van der Waals surface area contributed by atoms with E-state index in [4.69, 9.17) is 9.47 Å². The van der Waals surface area contributed by atoms with Crippen LogP contribution in [0.5, 0.6) is 5.75 Å². The Kier molecular flexibility index (Phi) is 5.27. The van der Waals surface area contributed by atoms with Crippen molar-refractivity contribution in [2.24, 2.45) is 0 Å². The van der Waals surface area contributed by atoms with Gasteiger partial charge in [-0.2, -0.15) is 0 Å². The highest BCUT2D eigenvalue weighted by molar-refractivity contribution is 5.76. The Labute approximate surface area is 175 Å². The summed E-state index contributed by atoms with van der Waals surface area (Å²) in [6, 6.07) is 23.8. The van der Waals surface area contributed by atoms with Gasteiger partial charge in [-0.1, -0.05) is 54.6 Å². The number of benzene rings is 3. The minimum Gasteiger partial charge on any atom is -0.428 e. The first-order valence-corrected chi connectivity index (χ1v) is 9.88. The molecule has 5 heteroatoms. The minimum absolute atomic E-state index is 0.472. The molecule has 0 unspecified atom stereocenters. The molecule has 152 valence electrons. The van der Waals surface area contributed by atoms with Gasteiger partial charge in [0.05, 0.1) is 17.4 Å². The number of hydrogen-bond donors (Lipinski definition) is 0. The van der Waals surface area contributed by atoms with Crippen LogP contribution in [0.25, 0.3) is 22.2 Å². The molecule has 4 rings (SSSR count). The molecule has 0 aliphatic carbocycles. The van der Waals surface area contributed by atoms with Gasteiger partial charge in [0.25, 0.3) is 0 Å². The van der Waals surface area contributed by atoms with Crippen LogP contribution in [-0.2, 0) is 11.3 Å². The van der Waals surface area contributed by atoms with E-state index in [0.717, 1.165) is 34.3 Å². The molecule has 0 bridgehead atoms. The van der Waals surface area contributed by atoms with Crippen LogP contribution in [0.1, 0.15) is 26.3 Å². The summed E-state index contributed by atoms with van der Waals surface area (Å²) in [6.07, 6.45) is 1.15. The van der Waals surface area contributed by atoms with Gasteiger partial charge in [0.2, 0.25) is 0 Å². The molecule has 0 spiro atoms. The molecule has 1 aromatic heterocycles. The average molecular weight is 400 g/mol. The van der Waals surface area contributed by atoms with E-state index in [0.29, 0.717) is 5.75 Å². The normalized spacial score (nSPS) is 11.4. The first-order chi connectivity index (χ1) is 14.4. The lowest BCUT2D eigenvalue weighted by Crippen LogP contribution is -2.26. The van der Waals surface area contributed by atoms with Crippen LogP contribution in [0.4, 0.5) is 4.79 Å². The van der Waals surface area contributed by atoms with Crippen molar-refractivity contribution in [1.82, 2.24) is 9.55 Å². The average Bonchev–Trinajstić information content (AvgIpc) is 3.11. The van der Waals surface area contributed by atoms with E-state index < -0.39 is 11.8 Å². The Morgan fingerprint density at radius 1 is 0.933 bits per heavy atom. The van der Waals surface area contributed by atoms with E-state index in [1.54, 1.807) is 6.07 Å². The van der Waals surface area contributed by atoms with Crippen molar-refractivity contribution in [3.05, 3.63) is 84.7 Å². The second-order valence-corrected chi connectivity index (χ2v) is 8.12. The Bertz CT molecular complexity index is 1170. The molecule has 4 aromatic rings. The van der Waals surface area contributed by atoms with Crippen molar-refractivity contribution in [3.8, 4) is 16.9 Å². The van der Waals surface area contributed by atoms with Crippen molar-refractivity contribution in [3.63, 3.8) is 0 Å². The lowest BCUT2D eigenvalue weighted by atomic mass is 10.0. The van der Waals surface area contributed by atoms with Gasteiger partial charge in [-0.3, -0.25) is 0 Å². The van der Waals surface area contributed by atoms with E-state index in [1.165, 1.54) is 0 Å². The fourth-order valence-corrected chi connectivity index (χ4v) is 3.28. The highest BCUT2D eigenvalue weighted by Crippen LogP contribution is 2.31. The molecule has 0 aliphatic rings. The number of aromatic nitrogens is 2. The van der Waals surface area contributed by atoms with Gasteiger partial charge in [-0.15, -0.1) is 0 Å². The van der Waals surface area contributed by atoms with Gasteiger partial charge in [0.15, 0.2) is 0 Å². The van der Waals surface area contributed by atoms with Gasteiger partial charge >= 0.3 is 6.16 Å². The summed E-state index contributed by atoms with van der Waals surface area (Å²) in [6.45, 7) is 6.16. The molecule has 5 nitrogen and oxygen atoms in total. The zero-order chi connectivity index (χ0) is 21.1. The van der Waals surface area contributed by atoms with Gasteiger partial charge in [0, 0.05) is 12.1 Å². The highest BCUT2D eigenvalue weighted by atomic mass is 16.7. The maximum Gasteiger partial charge on any atom is 0.514 e. The fourth-order valence-electron chi connectivity index (χ4n) is 3.28. The third kappa shape index (κ3) is 4.51. The summed E-state index contributed by atoms with van der Waals surface area (Å²) >= 11 is 0. The van der Waals surface area contributed by atoms with E-state index in [9.17, 15) is 4.79 Å². The molecular formula is C25H24N2O3. The number of hydrogen-bond acceptors (Lipinski definition) is 4. The summed E-state index contributed by atoms with van der Waals surface area (Å²) in [5.41, 5.74) is 4.45. The smallest absolute Gasteiger partial charge is 0.428 e. The number of nitrogens with zero attached hydrogens (tertiary/aromatic N) is 2. The molecule has 3 aromatic carbocycles. The predicted molar refractivity (Wildman–Crippen MR) is 118 cm³/mol. The fraction of sp³-hybridized carbons (Fsp3) is 0.200. The van der Waals surface area contributed by atoms with Gasteiger partial charge in [0.1, 0.15) is 11.4 Å². The largest absolute Gasteiger partial charge is 0.514 e. The molecule has 30 heavy (non-hydrogen) atoms. The van der Waals surface area contributed by atoms with Crippen molar-refractivity contribution in [2.75, 3.05) is 0 Å². The molecule has 0 saturated carbocycles. The molecule has 1 heterocycles. The first-order valence-electron chi connectivity index (χ1n) is 9.88. The first kappa shape index (κ1) is 19.7. The maximum atomic E-state index is 12.1. The third-order valence-corrected chi connectivity index (χ3v) is 4.62. The molecule has 0 fully saturated rings. The number of ether oxygens (including phenoxy) is 2. The topological polar surface area (TPSA) is 53.4 Å². The summed E-state index contributed by atoms with van der Waals surface area (Å²) in [5.74, 6) is 0.472. The van der Waals surface area contributed by atoms with Crippen LogP contribution in [0.3, 0.4) is 0 Å².